The van der Waals surface area contributed by atoms with Gasteiger partial charge in [0.25, 0.3) is 5.91 Å². The van der Waals surface area contributed by atoms with Crippen LogP contribution in [0.1, 0.15) is 23.0 Å². The maximum absolute atomic E-state index is 13.1. The Labute approximate surface area is 179 Å². The van der Waals surface area contributed by atoms with E-state index in [1.807, 2.05) is 12.1 Å². The number of morpholine rings is 1. The van der Waals surface area contributed by atoms with Gasteiger partial charge in [-0.05, 0) is 24.6 Å². The zero-order valence-electron chi connectivity index (χ0n) is 16.5. The van der Waals surface area contributed by atoms with Gasteiger partial charge in [-0.3, -0.25) is 9.69 Å². The number of ether oxygens (including phenoxy) is 1. The minimum atomic E-state index is -4.42. The molecule has 1 aliphatic rings. The first-order chi connectivity index (χ1) is 14.6. The first kappa shape index (κ1) is 21.5. The first-order valence-corrected chi connectivity index (χ1v) is 10.3. The summed E-state index contributed by atoms with van der Waals surface area (Å²) in [5.74, 6) is -0.680. The van der Waals surface area contributed by atoms with E-state index < -0.39 is 24.3 Å². The fraction of sp³-hybridized carbons (Fsp3) is 0.350. The Kier molecular flexibility index (Phi) is 5.58. The largest absolute Gasteiger partial charge is 0.415 e. The minimum absolute atomic E-state index is 0.0868. The molecule has 2 atom stereocenters. The van der Waals surface area contributed by atoms with Crippen LogP contribution in [0.3, 0.4) is 0 Å². The number of thiazole rings is 1. The van der Waals surface area contributed by atoms with Crippen LogP contribution >= 0.6 is 11.3 Å². The number of aromatic nitrogens is 2. The average molecular weight is 451 g/mol. The number of halogens is 3. The quantitative estimate of drug-likeness (QED) is 0.631. The highest BCUT2D eigenvalue weighted by Crippen LogP contribution is 2.34. The van der Waals surface area contributed by atoms with E-state index in [2.05, 4.69) is 9.97 Å². The van der Waals surface area contributed by atoms with Gasteiger partial charge in [-0.2, -0.15) is 13.2 Å². The topological polar surface area (TPSA) is 107 Å². The molecule has 4 rings (SSSR count). The van der Waals surface area contributed by atoms with Crippen molar-refractivity contribution in [3.63, 3.8) is 0 Å². The Bertz CT molecular complexity index is 1130. The SMILES string of the molecule is C[C@@H]1CN(Cc2ccc3c(-c4cnc(N)s4)cc(C(N)=O)nc3c2)C[C@H](C(F)(F)F)O1. The van der Waals surface area contributed by atoms with Gasteiger partial charge in [0.05, 0.1) is 16.5 Å². The number of fused-ring (bicyclic) bond motifs is 1. The smallest absolute Gasteiger partial charge is 0.375 e. The van der Waals surface area contributed by atoms with Crippen molar-refractivity contribution >= 4 is 33.3 Å². The van der Waals surface area contributed by atoms with Crippen LogP contribution in [0, 0.1) is 0 Å². The van der Waals surface area contributed by atoms with E-state index in [0.717, 1.165) is 21.4 Å². The van der Waals surface area contributed by atoms with Crippen LogP contribution in [0.4, 0.5) is 18.3 Å². The number of carbonyl (C=O) groups is 1. The molecular weight excluding hydrogens is 431 g/mol. The number of alkyl halides is 3. The second-order valence-corrected chi connectivity index (χ2v) is 8.57. The van der Waals surface area contributed by atoms with Gasteiger partial charge in [0, 0.05) is 36.8 Å². The molecule has 0 unspecified atom stereocenters. The third-order valence-corrected chi connectivity index (χ3v) is 5.88. The van der Waals surface area contributed by atoms with E-state index in [0.29, 0.717) is 23.7 Å². The van der Waals surface area contributed by atoms with Crippen molar-refractivity contribution in [1.29, 1.82) is 0 Å². The summed E-state index contributed by atoms with van der Waals surface area (Å²) in [6.07, 6.45) is -5.16. The molecule has 1 saturated heterocycles. The van der Waals surface area contributed by atoms with Gasteiger partial charge in [-0.1, -0.05) is 23.5 Å². The summed E-state index contributed by atoms with van der Waals surface area (Å²) in [5.41, 5.74) is 13.3. The molecule has 0 saturated carbocycles. The van der Waals surface area contributed by atoms with Crippen LogP contribution < -0.4 is 11.5 Å². The highest BCUT2D eigenvalue weighted by Gasteiger charge is 2.44. The van der Waals surface area contributed by atoms with Crippen molar-refractivity contribution in [2.45, 2.75) is 31.9 Å². The average Bonchev–Trinajstić information content (AvgIpc) is 3.12. The molecule has 1 amide bonds. The second kappa shape index (κ2) is 8.06. The zero-order chi connectivity index (χ0) is 22.3. The number of hydrogen-bond acceptors (Lipinski definition) is 7. The van der Waals surface area contributed by atoms with Crippen molar-refractivity contribution in [2.75, 3.05) is 18.8 Å². The lowest BCUT2D eigenvalue weighted by Gasteiger charge is -2.37. The number of nitrogens with two attached hydrogens (primary N) is 2. The summed E-state index contributed by atoms with van der Waals surface area (Å²) in [6.45, 7) is 2.05. The summed E-state index contributed by atoms with van der Waals surface area (Å²) in [4.78, 5) is 22.7. The minimum Gasteiger partial charge on any atom is -0.375 e. The van der Waals surface area contributed by atoms with Crippen LogP contribution in [0.5, 0.6) is 0 Å². The van der Waals surface area contributed by atoms with Crippen LogP contribution in [0.2, 0.25) is 0 Å². The van der Waals surface area contributed by atoms with Crippen molar-refractivity contribution in [3.05, 3.63) is 41.7 Å². The van der Waals surface area contributed by atoms with Gasteiger partial charge in [-0.15, -0.1) is 0 Å². The normalized spacial score (nSPS) is 20.3. The number of amides is 1. The molecular formula is C20H20F3N5O2S. The lowest BCUT2D eigenvalue weighted by atomic mass is 10.0. The molecule has 0 radical (unpaired) electrons. The molecule has 7 nitrogen and oxygen atoms in total. The Morgan fingerprint density at radius 3 is 2.74 bits per heavy atom. The third-order valence-electron chi connectivity index (χ3n) is 5.02. The van der Waals surface area contributed by atoms with Crippen LogP contribution in [-0.2, 0) is 11.3 Å². The molecule has 1 aromatic carbocycles. The van der Waals surface area contributed by atoms with E-state index in [4.69, 9.17) is 16.2 Å². The van der Waals surface area contributed by atoms with Crippen molar-refractivity contribution in [3.8, 4) is 10.4 Å². The van der Waals surface area contributed by atoms with Crippen LogP contribution in [-0.4, -0.2) is 52.2 Å². The van der Waals surface area contributed by atoms with Crippen molar-refractivity contribution < 1.29 is 22.7 Å². The lowest BCUT2D eigenvalue weighted by Crippen LogP contribution is -2.51. The number of pyridine rings is 1. The molecule has 1 fully saturated rings. The number of primary amides is 1. The molecule has 164 valence electrons. The lowest BCUT2D eigenvalue weighted by molar-refractivity contribution is -0.252. The summed E-state index contributed by atoms with van der Waals surface area (Å²) in [5, 5.41) is 1.15. The summed E-state index contributed by atoms with van der Waals surface area (Å²) >= 11 is 1.27. The molecule has 0 spiro atoms. The Morgan fingerprint density at radius 1 is 1.32 bits per heavy atom. The Hall–Kier alpha value is -2.76. The Balaban J connectivity index is 1.68. The predicted octanol–water partition coefficient (Wildman–Crippen LogP) is 3.19. The fourth-order valence-corrected chi connectivity index (χ4v) is 4.44. The maximum atomic E-state index is 13.1. The maximum Gasteiger partial charge on any atom is 0.415 e. The predicted molar refractivity (Wildman–Crippen MR) is 111 cm³/mol. The number of hydrogen-bond donors (Lipinski definition) is 2. The van der Waals surface area contributed by atoms with E-state index >= 15 is 0 Å². The highest BCUT2D eigenvalue weighted by molar-refractivity contribution is 7.18. The molecule has 4 N–H and O–H groups in total. The fourth-order valence-electron chi connectivity index (χ4n) is 3.72. The van der Waals surface area contributed by atoms with Crippen LogP contribution in [0.15, 0.2) is 30.5 Å². The molecule has 3 heterocycles. The number of carbonyl (C=O) groups excluding carboxylic acids is 1. The van der Waals surface area contributed by atoms with Gasteiger partial charge in [-0.25, -0.2) is 9.97 Å². The van der Waals surface area contributed by atoms with E-state index in [1.165, 1.54) is 11.3 Å². The number of benzene rings is 1. The molecule has 2 aromatic heterocycles. The van der Waals surface area contributed by atoms with Gasteiger partial charge < -0.3 is 16.2 Å². The number of rotatable bonds is 4. The number of anilines is 1. The first-order valence-electron chi connectivity index (χ1n) is 9.50. The van der Waals surface area contributed by atoms with E-state index in [9.17, 15) is 18.0 Å². The van der Waals surface area contributed by atoms with Crippen molar-refractivity contribution in [2.24, 2.45) is 5.73 Å². The van der Waals surface area contributed by atoms with Gasteiger partial charge in [0.1, 0.15) is 5.69 Å². The standard InChI is InChI=1S/C20H20F3N5O2S/c1-10-7-28(9-17(30-10)20(21,22)23)8-11-2-3-12-13(16-6-26-19(25)31-16)5-15(18(24)29)27-14(12)4-11/h2-6,10,17H,7-9H2,1H3,(H2,24,29)(H2,25,26)/t10-,17-/m1/s1. The van der Waals surface area contributed by atoms with Gasteiger partial charge >= 0.3 is 6.18 Å². The molecule has 1 aliphatic heterocycles. The molecule has 0 aliphatic carbocycles. The molecule has 11 heteroatoms. The second-order valence-electron chi connectivity index (χ2n) is 7.50. The summed E-state index contributed by atoms with van der Waals surface area (Å²) in [6, 6.07) is 7.02. The summed E-state index contributed by atoms with van der Waals surface area (Å²) < 4.78 is 44.5. The summed E-state index contributed by atoms with van der Waals surface area (Å²) in [7, 11) is 0. The zero-order valence-corrected chi connectivity index (χ0v) is 17.3. The highest BCUT2D eigenvalue weighted by atomic mass is 32.1. The van der Waals surface area contributed by atoms with Gasteiger partial charge in [0.15, 0.2) is 11.2 Å². The number of nitrogens with zero attached hydrogens (tertiary/aromatic N) is 3. The van der Waals surface area contributed by atoms with E-state index in [-0.39, 0.29) is 12.2 Å². The van der Waals surface area contributed by atoms with Crippen LogP contribution in [0.25, 0.3) is 21.3 Å². The Morgan fingerprint density at radius 2 is 2.10 bits per heavy atom. The molecule has 3 aromatic rings. The molecule has 0 bridgehead atoms. The van der Waals surface area contributed by atoms with Gasteiger partial charge in [0.2, 0.25) is 0 Å². The number of nitrogen functional groups attached to an aromatic ring is 1. The van der Waals surface area contributed by atoms with Crippen molar-refractivity contribution in [1.82, 2.24) is 14.9 Å². The third kappa shape index (κ3) is 4.63. The van der Waals surface area contributed by atoms with E-state index in [1.54, 1.807) is 30.2 Å². The monoisotopic (exact) mass is 451 g/mol. The molecule has 31 heavy (non-hydrogen) atoms.